The smallest absolute Gasteiger partial charge is 0.249 e. The van der Waals surface area contributed by atoms with Crippen molar-refractivity contribution in [3.05, 3.63) is 36.5 Å². The van der Waals surface area contributed by atoms with E-state index in [1.54, 1.807) is 0 Å². The van der Waals surface area contributed by atoms with Crippen molar-refractivity contribution >= 4 is 5.91 Å². The second-order valence-electron chi connectivity index (χ2n) is 25.3. The average Bonchev–Trinajstić information content (AvgIpc) is 3.68. The Kier molecular flexibility index (Phi) is 57.9. The monoisotopic (exact) mass is 1180 g/mol. The number of ether oxygens (including phenoxy) is 2. The lowest BCUT2D eigenvalue weighted by atomic mass is 9.98. The molecule has 0 radical (unpaired) electrons. The largest absolute Gasteiger partial charge is 0.394 e. The van der Waals surface area contributed by atoms with E-state index in [1.165, 1.54) is 257 Å². The van der Waals surface area contributed by atoms with Crippen LogP contribution in [0, 0.1) is 0 Å². The van der Waals surface area contributed by atoms with Crippen LogP contribution in [0.2, 0.25) is 0 Å². The summed E-state index contributed by atoms with van der Waals surface area (Å²) in [5.74, 6) is -0.704. The molecule has 9 unspecified atom stereocenters. The molecule has 1 saturated heterocycles. The molecular formula is C72H137NO10. The van der Waals surface area contributed by atoms with Gasteiger partial charge < -0.3 is 50.5 Å². The molecule has 1 aliphatic heterocycles. The summed E-state index contributed by atoms with van der Waals surface area (Å²) in [4.78, 5) is 13.3. The fraction of sp³-hybridized carbons (Fsp3) is 0.903. The fourth-order valence-electron chi connectivity index (χ4n) is 11.7. The molecule has 9 atom stereocenters. The van der Waals surface area contributed by atoms with Gasteiger partial charge in [-0.25, -0.2) is 0 Å². The third-order valence-electron chi connectivity index (χ3n) is 17.4. The van der Waals surface area contributed by atoms with E-state index in [9.17, 15) is 40.5 Å². The summed E-state index contributed by atoms with van der Waals surface area (Å²) < 4.78 is 11.2. The quantitative estimate of drug-likeness (QED) is 0.0215. The Morgan fingerprint density at radius 3 is 1.11 bits per heavy atom. The predicted molar refractivity (Wildman–Crippen MR) is 349 cm³/mol. The van der Waals surface area contributed by atoms with Gasteiger partial charge in [-0.3, -0.25) is 4.79 Å². The number of aliphatic hydroxyl groups is 7. The van der Waals surface area contributed by atoms with Crippen LogP contribution in [-0.2, 0) is 14.3 Å². The molecule has 490 valence electrons. The van der Waals surface area contributed by atoms with Crippen molar-refractivity contribution in [2.45, 2.75) is 403 Å². The van der Waals surface area contributed by atoms with Crippen LogP contribution in [0.25, 0.3) is 0 Å². The summed E-state index contributed by atoms with van der Waals surface area (Å²) in [5.41, 5.74) is 0. The second kappa shape index (κ2) is 60.6. The summed E-state index contributed by atoms with van der Waals surface area (Å²) in [6, 6.07) is -1.19. The summed E-state index contributed by atoms with van der Waals surface area (Å²) in [7, 11) is 0. The Labute approximate surface area is 511 Å². The molecule has 1 aliphatic rings. The lowest BCUT2D eigenvalue weighted by Crippen LogP contribution is -2.60. The zero-order valence-corrected chi connectivity index (χ0v) is 54.2. The second-order valence-corrected chi connectivity index (χ2v) is 25.3. The molecule has 1 fully saturated rings. The molecule has 1 amide bonds. The van der Waals surface area contributed by atoms with Crippen LogP contribution in [-0.4, -0.2) is 110 Å². The van der Waals surface area contributed by atoms with Gasteiger partial charge in [-0.2, -0.15) is 0 Å². The number of aliphatic hydroxyl groups excluding tert-OH is 7. The average molecular weight is 1180 g/mol. The van der Waals surface area contributed by atoms with Gasteiger partial charge in [-0.1, -0.05) is 314 Å². The lowest BCUT2D eigenvalue weighted by Gasteiger charge is -2.40. The molecular weight excluding hydrogens is 1040 g/mol. The number of carbonyl (C=O) groups excluding carboxylic acids is 1. The van der Waals surface area contributed by atoms with E-state index in [-0.39, 0.29) is 12.8 Å². The van der Waals surface area contributed by atoms with E-state index >= 15 is 0 Å². The van der Waals surface area contributed by atoms with Crippen LogP contribution in [0.15, 0.2) is 36.5 Å². The van der Waals surface area contributed by atoms with Crippen LogP contribution in [0.5, 0.6) is 0 Å². The van der Waals surface area contributed by atoms with Crippen molar-refractivity contribution in [1.82, 2.24) is 5.32 Å². The maximum absolute atomic E-state index is 13.3. The van der Waals surface area contributed by atoms with Gasteiger partial charge in [0.1, 0.15) is 36.6 Å². The summed E-state index contributed by atoms with van der Waals surface area (Å²) >= 11 is 0. The third-order valence-corrected chi connectivity index (χ3v) is 17.4. The van der Waals surface area contributed by atoms with Gasteiger partial charge in [0.05, 0.1) is 25.4 Å². The number of hydrogen-bond acceptors (Lipinski definition) is 10. The normalized spacial score (nSPS) is 19.2. The van der Waals surface area contributed by atoms with E-state index < -0.39 is 74.2 Å². The Morgan fingerprint density at radius 2 is 0.747 bits per heavy atom. The maximum Gasteiger partial charge on any atom is 0.249 e. The first kappa shape index (κ1) is 79.3. The van der Waals surface area contributed by atoms with Crippen molar-refractivity contribution in [3.8, 4) is 0 Å². The summed E-state index contributed by atoms with van der Waals surface area (Å²) in [6.45, 7) is 3.49. The number of amides is 1. The van der Waals surface area contributed by atoms with Crippen LogP contribution in [0.3, 0.4) is 0 Å². The molecule has 0 aromatic heterocycles. The number of nitrogens with one attached hydrogen (secondary N) is 1. The first-order valence-corrected chi connectivity index (χ1v) is 35.9. The van der Waals surface area contributed by atoms with E-state index in [2.05, 4.69) is 55.6 Å². The molecule has 11 nitrogen and oxygen atoms in total. The Morgan fingerprint density at radius 1 is 0.422 bits per heavy atom. The van der Waals surface area contributed by atoms with Gasteiger partial charge in [-0.05, 0) is 70.6 Å². The summed E-state index contributed by atoms with van der Waals surface area (Å²) in [6.07, 6.45) is 66.6. The zero-order chi connectivity index (χ0) is 60.3. The first-order chi connectivity index (χ1) is 40.7. The minimum Gasteiger partial charge on any atom is -0.394 e. The highest BCUT2D eigenvalue weighted by atomic mass is 16.7. The van der Waals surface area contributed by atoms with Crippen LogP contribution in [0.1, 0.15) is 348 Å². The van der Waals surface area contributed by atoms with Gasteiger partial charge >= 0.3 is 0 Å². The molecule has 0 bridgehead atoms. The molecule has 0 spiro atoms. The molecule has 0 saturated carbocycles. The molecule has 1 rings (SSSR count). The van der Waals surface area contributed by atoms with E-state index in [1.807, 2.05) is 0 Å². The number of allylic oxidation sites excluding steroid dienone is 6. The minimum atomic E-state index is -1.67. The van der Waals surface area contributed by atoms with Gasteiger partial charge in [0.15, 0.2) is 6.29 Å². The number of rotatable bonds is 63. The first-order valence-electron chi connectivity index (χ1n) is 35.9. The van der Waals surface area contributed by atoms with Gasteiger partial charge in [0.2, 0.25) is 5.91 Å². The molecule has 0 aromatic rings. The van der Waals surface area contributed by atoms with Gasteiger partial charge in [0, 0.05) is 0 Å². The highest BCUT2D eigenvalue weighted by Gasteiger charge is 2.44. The van der Waals surface area contributed by atoms with Crippen molar-refractivity contribution in [1.29, 1.82) is 0 Å². The zero-order valence-electron chi connectivity index (χ0n) is 54.2. The van der Waals surface area contributed by atoms with Crippen LogP contribution < -0.4 is 5.32 Å². The van der Waals surface area contributed by atoms with Crippen molar-refractivity contribution < 1.29 is 50.0 Å². The third kappa shape index (κ3) is 48.0. The highest BCUT2D eigenvalue weighted by Crippen LogP contribution is 2.24. The standard InChI is InChI=1S/C72H137NO10/c1-3-5-7-9-11-13-15-17-19-21-23-25-27-29-31-32-33-34-36-37-39-41-43-45-47-49-51-53-55-57-59-64(75)67(77)63(62-82-72-70(80)69(79)68(78)66(61-74)83-72)73-71(81)65(76)60-58-56-54-52-50-48-46-44-42-40-38-35-30-28-26-24-22-20-18-16-14-12-10-8-6-4-2/h24,26,30,35,51,53,63-70,72,74-80H,3-23,25,27-29,31-34,36-50,52,54-62H2,1-2H3,(H,73,81)/b26-24-,35-30-,53-51+. The molecule has 0 aromatic carbocycles. The molecule has 1 heterocycles. The predicted octanol–water partition coefficient (Wildman–Crippen LogP) is 17.4. The SMILES string of the molecule is CCCCCCCCCCC/C=C\C/C=C\CCCCCCCCCCCCC(O)C(=O)NC(COC1OC(CO)C(O)C(O)C1O)C(O)C(O)CCC/C=C/CCCCCCCCCCCCCCCCCCCCCCCCCCC. The molecule has 8 N–H and O–H groups in total. The number of carbonyl (C=O) groups is 1. The van der Waals surface area contributed by atoms with Crippen molar-refractivity contribution in [2.24, 2.45) is 0 Å². The Hall–Kier alpha value is -1.67. The maximum atomic E-state index is 13.3. The van der Waals surface area contributed by atoms with Gasteiger partial charge in [-0.15, -0.1) is 0 Å². The van der Waals surface area contributed by atoms with E-state index in [0.717, 1.165) is 51.4 Å². The topological polar surface area (TPSA) is 189 Å². The fourth-order valence-corrected chi connectivity index (χ4v) is 11.7. The minimum absolute atomic E-state index is 0.251. The van der Waals surface area contributed by atoms with E-state index in [0.29, 0.717) is 12.8 Å². The number of hydrogen-bond donors (Lipinski definition) is 8. The van der Waals surface area contributed by atoms with Crippen LogP contribution in [0.4, 0.5) is 0 Å². The van der Waals surface area contributed by atoms with Crippen LogP contribution >= 0.6 is 0 Å². The summed E-state index contributed by atoms with van der Waals surface area (Å²) in [5, 5.41) is 76.5. The molecule has 11 heteroatoms. The molecule has 83 heavy (non-hydrogen) atoms. The van der Waals surface area contributed by atoms with E-state index in [4.69, 9.17) is 9.47 Å². The van der Waals surface area contributed by atoms with Crippen molar-refractivity contribution in [3.63, 3.8) is 0 Å². The highest BCUT2D eigenvalue weighted by molar-refractivity contribution is 5.80. The Bertz CT molecular complexity index is 1440. The Balaban J connectivity index is 2.21. The van der Waals surface area contributed by atoms with Crippen molar-refractivity contribution in [2.75, 3.05) is 13.2 Å². The molecule has 0 aliphatic carbocycles. The lowest BCUT2D eigenvalue weighted by molar-refractivity contribution is -0.303. The van der Waals surface area contributed by atoms with Gasteiger partial charge in [0.25, 0.3) is 0 Å². The number of unbranched alkanes of at least 4 members (excludes halogenated alkanes) is 45.